The summed E-state index contributed by atoms with van der Waals surface area (Å²) in [7, 11) is -3.64. The number of amides is 1. The van der Waals surface area contributed by atoms with E-state index >= 15 is 0 Å². The number of hydrogen-bond donors (Lipinski definition) is 0. The molecule has 7 heteroatoms. The van der Waals surface area contributed by atoms with E-state index in [1.54, 1.807) is 42.2 Å². The highest BCUT2D eigenvalue weighted by Gasteiger charge is 2.28. The van der Waals surface area contributed by atoms with Crippen molar-refractivity contribution in [3.63, 3.8) is 0 Å². The molecule has 1 aliphatic rings. The number of rotatable bonds is 5. The first-order valence-corrected chi connectivity index (χ1v) is 11.9. The van der Waals surface area contributed by atoms with Gasteiger partial charge in [-0.1, -0.05) is 42.0 Å². The van der Waals surface area contributed by atoms with Crippen molar-refractivity contribution in [3.8, 4) is 5.75 Å². The third-order valence-corrected chi connectivity index (χ3v) is 7.38. The lowest BCUT2D eigenvalue weighted by molar-refractivity contribution is -0.116. The summed E-state index contributed by atoms with van der Waals surface area (Å²) in [6.07, 6.45) is 0. The maximum absolute atomic E-state index is 13.1. The Balaban J connectivity index is 1.61. The van der Waals surface area contributed by atoms with E-state index in [1.165, 1.54) is 4.31 Å². The molecule has 0 saturated heterocycles. The van der Waals surface area contributed by atoms with Crippen molar-refractivity contribution in [3.05, 3.63) is 89.5 Å². The number of ether oxygens (including phenoxy) is 1. The third-order valence-electron chi connectivity index (χ3n) is 5.52. The van der Waals surface area contributed by atoms with E-state index in [9.17, 15) is 13.2 Å². The zero-order valence-electron chi connectivity index (χ0n) is 18.2. The first kappa shape index (κ1) is 22.0. The van der Waals surface area contributed by atoms with Crippen molar-refractivity contribution in [1.82, 2.24) is 4.31 Å². The number of carbonyl (C=O) groups excluding carboxylic acids is 1. The van der Waals surface area contributed by atoms with Crippen LogP contribution in [-0.2, 0) is 27.9 Å². The Bertz CT molecular complexity index is 1210. The minimum atomic E-state index is -3.64. The van der Waals surface area contributed by atoms with Crippen LogP contribution in [0.3, 0.4) is 0 Å². The van der Waals surface area contributed by atoms with Crippen LogP contribution in [0.4, 0.5) is 5.69 Å². The van der Waals surface area contributed by atoms with E-state index in [0.29, 0.717) is 12.3 Å². The summed E-state index contributed by atoms with van der Waals surface area (Å²) in [6.45, 7) is 4.69. The van der Waals surface area contributed by atoms with Gasteiger partial charge in [-0.2, -0.15) is 4.31 Å². The average molecular weight is 451 g/mol. The summed E-state index contributed by atoms with van der Waals surface area (Å²) >= 11 is 0. The van der Waals surface area contributed by atoms with Gasteiger partial charge in [0.1, 0.15) is 12.4 Å². The maximum Gasteiger partial charge on any atom is 0.243 e. The van der Waals surface area contributed by atoms with Gasteiger partial charge in [0.15, 0.2) is 0 Å². The Morgan fingerprint density at radius 2 is 1.75 bits per heavy atom. The summed E-state index contributed by atoms with van der Waals surface area (Å²) in [5.41, 5.74) is 3.63. The Morgan fingerprint density at radius 1 is 1.03 bits per heavy atom. The van der Waals surface area contributed by atoms with Crippen LogP contribution in [0.5, 0.6) is 5.75 Å². The SMILES string of the molecule is CC(=O)N(Cc1ccc2c(c1)CN(S(=O)(=O)c1ccccc1)CCO2)c1ccc(C)cc1. The highest BCUT2D eigenvalue weighted by Crippen LogP contribution is 2.29. The molecule has 1 amide bonds. The first-order valence-electron chi connectivity index (χ1n) is 10.5. The number of anilines is 1. The van der Waals surface area contributed by atoms with Gasteiger partial charge < -0.3 is 9.64 Å². The van der Waals surface area contributed by atoms with Gasteiger partial charge in [-0.05, 0) is 48.9 Å². The normalized spacial score (nSPS) is 14.2. The van der Waals surface area contributed by atoms with Gasteiger partial charge in [-0.15, -0.1) is 0 Å². The quantitative estimate of drug-likeness (QED) is 0.586. The molecule has 0 unspecified atom stereocenters. The topological polar surface area (TPSA) is 66.9 Å². The number of carbonyl (C=O) groups is 1. The van der Waals surface area contributed by atoms with Crippen LogP contribution in [0.25, 0.3) is 0 Å². The molecule has 0 bridgehead atoms. The molecule has 0 atom stereocenters. The molecular weight excluding hydrogens is 424 g/mol. The lowest BCUT2D eigenvalue weighted by Gasteiger charge is -2.23. The highest BCUT2D eigenvalue weighted by molar-refractivity contribution is 7.89. The Morgan fingerprint density at radius 3 is 2.44 bits per heavy atom. The lowest BCUT2D eigenvalue weighted by Crippen LogP contribution is -2.32. The van der Waals surface area contributed by atoms with Gasteiger partial charge in [-0.3, -0.25) is 4.79 Å². The zero-order chi connectivity index (χ0) is 22.7. The monoisotopic (exact) mass is 450 g/mol. The van der Waals surface area contributed by atoms with Crippen molar-refractivity contribution in [2.24, 2.45) is 0 Å². The summed E-state index contributed by atoms with van der Waals surface area (Å²) in [6, 6.07) is 21.9. The Labute approximate surface area is 189 Å². The second-order valence-corrected chi connectivity index (χ2v) is 9.82. The fourth-order valence-corrected chi connectivity index (χ4v) is 5.18. The zero-order valence-corrected chi connectivity index (χ0v) is 19.0. The van der Waals surface area contributed by atoms with Gasteiger partial charge >= 0.3 is 0 Å². The molecule has 1 aliphatic heterocycles. The molecule has 3 aromatic rings. The summed E-state index contributed by atoms with van der Waals surface area (Å²) in [4.78, 5) is 14.3. The van der Waals surface area contributed by atoms with Gasteiger partial charge in [-0.25, -0.2) is 8.42 Å². The van der Waals surface area contributed by atoms with Crippen LogP contribution in [-0.4, -0.2) is 31.8 Å². The van der Waals surface area contributed by atoms with Crippen molar-refractivity contribution in [2.45, 2.75) is 31.8 Å². The molecule has 6 nitrogen and oxygen atoms in total. The summed E-state index contributed by atoms with van der Waals surface area (Å²) in [5, 5.41) is 0. The molecule has 32 heavy (non-hydrogen) atoms. The van der Waals surface area contributed by atoms with Crippen LogP contribution < -0.4 is 9.64 Å². The molecule has 4 rings (SSSR count). The largest absolute Gasteiger partial charge is 0.492 e. The predicted octanol–water partition coefficient (Wildman–Crippen LogP) is 4.13. The maximum atomic E-state index is 13.1. The second kappa shape index (κ2) is 9.14. The number of sulfonamides is 1. The second-order valence-electron chi connectivity index (χ2n) is 7.88. The molecule has 0 aromatic heterocycles. The summed E-state index contributed by atoms with van der Waals surface area (Å²) < 4.78 is 33.5. The standard InChI is InChI=1S/C25H26N2O4S/c1-19-8-11-23(12-9-19)27(20(2)28)17-21-10-13-25-22(16-21)18-26(14-15-31-25)32(29,30)24-6-4-3-5-7-24/h3-13,16H,14-15,17-18H2,1-2H3. The van der Waals surface area contributed by atoms with E-state index in [4.69, 9.17) is 4.74 Å². The molecule has 0 N–H and O–H groups in total. The van der Waals surface area contributed by atoms with Crippen LogP contribution in [0.15, 0.2) is 77.7 Å². The van der Waals surface area contributed by atoms with Crippen molar-refractivity contribution >= 4 is 21.6 Å². The van der Waals surface area contributed by atoms with Crippen molar-refractivity contribution in [1.29, 1.82) is 0 Å². The molecule has 0 radical (unpaired) electrons. The van der Waals surface area contributed by atoms with Gasteiger partial charge in [0.2, 0.25) is 15.9 Å². The molecule has 1 heterocycles. The molecule has 0 saturated carbocycles. The smallest absolute Gasteiger partial charge is 0.243 e. The Kier molecular flexibility index (Phi) is 6.30. The molecular formula is C25H26N2O4S. The number of fused-ring (bicyclic) bond motifs is 1. The summed E-state index contributed by atoms with van der Waals surface area (Å²) in [5.74, 6) is 0.609. The van der Waals surface area contributed by atoms with Crippen LogP contribution in [0.2, 0.25) is 0 Å². The fraction of sp³-hybridized carbons (Fsp3) is 0.240. The van der Waals surface area contributed by atoms with Crippen molar-refractivity contribution < 1.29 is 17.9 Å². The Hall–Kier alpha value is -3.16. The van der Waals surface area contributed by atoms with Gasteiger partial charge in [0.25, 0.3) is 0 Å². The van der Waals surface area contributed by atoms with Crippen LogP contribution >= 0.6 is 0 Å². The number of benzene rings is 3. The van der Waals surface area contributed by atoms with E-state index in [-0.39, 0.29) is 30.5 Å². The van der Waals surface area contributed by atoms with E-state index < -0.39 is 10.0 Å². The van der Waals surface area contributed by atoms with Crippen LogP contribution in [0.1, 0.15) is 23.6 Å². The molecule has 0 aliphatic carbocycles. The third kappa shape index (κ3) is 4.69. The predicted molar refractivity (Wildman–Crippen MR) is 124 cm³/mol. The number of nitrogens with zero attached hydrogens (tertiary/aromatic N) is 2. The van der Waals surface area contributed by atoms with Crippen LogP contribution in [0, 0.1) is 6.92 Å². The number of hydrogen-bond acceptors (Lipinski definition) is 4. The molecule has 0 fully saturated rings. The van der Waals surface area contributed by atoms with E-state index in [2.05, 4.69) is 0 Å². The molecule has 3 aromatic carbocycles. The first-order chi connectivity index (χ1) is 15.3. The highest BCUT2D eigenvalue weighted by atomic mass is 32.2. The van der Waals surface area contributed by atoms with Gasteiger partial charge in [0.05, 0.1) is 11.4 Å². The minimum absolute atomic E-state index is 0.0617. The van der Waals surface area contributed by atoms with Crippen molar-refractivity contribution in [2.75, 3.05) is 18.1 Å². The molecule has 0 spiro atoms. The lowest BCUT2D eigenvalue weighted by atomic mass is 10.1. The molecule has 166 valence electrons. The fourth-order valence-electron chi connectivity index (χ4n) is 3.76. The number of aryl methyl sites for hydroxylation is 1. The van der Waals surface area contributed by atoms with E-state index in [1.807, 2.05) is 49.4 Å². The minimum Gasteiger partial charge on any atom is -0.492 e. The van der Waals surface area contributed by atoms with E-state index in [0.717, 1.165) is 22.4 Å². The van der Waals surface area contributed by atoms with Gasteiger partial charge in [0, 0.05) is 31.3 Å². The average Bonchev–Trinajstić information content (AvgIpc) is 3.01.